The summed E-state index contributed by atoms with van der Waals surface area (Å²) in [6, 6.07) is 14.0. The molecule has 4 rings (SSSR count). The minimum absolute atomic E-state index is 0.460. The van der Waals surface area contributed by atoms with Gasteiger partial charge in [-0.2, -0.15) is 0 Å². The first-order chi connectivity index (χ1) is 15.5. The summed E-state index contributed by atoms with van der Waals surface area (Å²) in [4.78, 5) is 4.07. The highest BCUT2D eigenvalue weighted by atomic mass is 16.5. The van der Waals surface area contributed by atoms with E-state index in [2.05, 4.69) is 47.1 Å². The lowest BCUT2D eigenvalue weighted by Gasteiger charge is -2.09. The van der Waals surface area contributed by atoms with E-state index in [-0.39, 0.29) is 0 Å². The van der Waals surface area contributed by atoms with Crippen LogP contribution in [0.5, 0.6) is 17.2 Å². The Kier molecular flexibility index (Phi) is 6.63. The van der Waals surface area contributed by atoms with Crippen molar-refractivity contribution in [2.24, 2.45) is 13.0 Å². The minimum atomic E-state index is 0.460. The highest BCUT2D eigenvalue weighted by Gasteiger charge is 2.24. The zero-order chi connectivity index (χ0) is 22.5. The van der Waals surface area contributed by atoms with Crippen LogP contribution in [-0.2, 0) is 26.7 Å². The predicted octanol–water partition coefficient (Wildman–Crippen LogP) is 3.98. The summed E-state index contributed by atoms with van der Waals surface area (Å²) >= 11 is 0. The van der Waals surface area contributed by atoms with Crippen molar-refractivity contribution >= 4 is 11.0 Å². The Morgan fingerprint density at radius 2 is 1.84 bits per heavy atom. The first-order valence-electron chi connectivity index (χ1n) is 10.9. The zero-order valence-corrected chi connectivity index (χ0v) is 19.2. The van der Waals surface area contributed by atoms with E-state index in [4.69, 9.17) is 14.2 Å². The molecule has 0 bridgehead atoms. The van der Waals surface area contributed by atoms with Crippen molar-refractivity contribution in [1.29, 1.82) is 0 Å². The van der Waals surface area contributed by atoms with E-state index in [1.165, 1.54) is 0 Å². The van der Waals surface area contributed by atoms with Crippen LogP contribution in [0.3, 0.4) is 0 Å². The van der Waals surface area contributed by atoms with Crippen LogP contribution < -0.4 is 18.8 Å². The zero-order valence-electron chi connectivity index (χ0n) is 19.2. The highest BCUT2D eigenvalue weighted by Crippen LogP contribution is 2.24. The van der Waals surface area contributed by atoms with Crippen LogP contribution >= 0.6 is 0 Å². The summed E-state index contributed by atoms with van der Waals surface area (Å²) < 4.78 is 24.0. The van der Waals surface area contributed by atoms with E-state index in [0.29, 0.717) is 19.1 Å². The Bertz CT molecular complexity index is 1170. The normalized spacial score (nSPS) is 11.3. The van der Waals surface area contributed by atoms with Gasteiger partial charge in [-0.1, -0.05) is 19.9 Å². The van der Waals surface area contributed by atoms with Gasteiger partial charge in [0.05, 0.1) is 33.6 Å². The van der Waals surface area contributed by atoms with Crippen molar-refractivity contribution in [3.05, 3.63) is 67.0 Å². The Hall–Kier alpha value is -3.48. The molecule has 0 aliphatic carbocycles. The van der Waals surface area contributed by atoms with Crippen LogP contribution in [-0.4, -0.2) is 27.8 Å². The second kappa shape index (κ2) is 9.77. The predicted molar refractivity (Wildman–Crippen MR) is 123 cm³/mol. The minimum Gasteiger partial charge on any atom is -0.497 e. The molecule has 0 aliphatic rings. The molecule has 32 heavy (non-hydrogen) atoms. The fourth-order valence-electron chi connectivity index (χ4n) is 3.82. The van der Waals surface area contributed by atoms with Gasteiger partial charge in [0.2, 0.25) is 0 Å². The largest absolute Gasteiger partial charge is 0.497 e. The smallest absolute Gasteiger partial charge is 0.295 e. The SMILES string of the molecule is COc1cccc(OCc2n(CC(C)C)c3cc(OCCn4ccnc4)ccc3[n+]2C)c1. The first kappa shape index (κ1) is 21.7. The van der Waals surface area contributed by atoms with Gasteiger partial charge >= 0.3 is 0 Å². The lowest BCUT2D eigenvalue weighted by molar-refractivity contribution is -0.655. The number of aromatic nitrogens is 4. The lowest BCUT2D eigenvalue weighted by Crippen LogP contribution is -2.34. The van der Waals surface area contributed by atoms with Crippen molar-refractivity contribution < 1.29 is 18.8 Å². The van der Waals surface area contributed by atoms with Gasteiger partial charge in [0, 0.05) is 24.5 Å². The molecule has 0 spiro atoms. The van der Waals surface area contributed by atoms with Crippen molar-refractivity contribution in [3.8, 4) is 17.2 Å². The van der Waals surface area contributed by atoms with E-state index in [9.17, 15) is 0 Å². The van der Waals surface area contributed by atoms with Crippen LogP contribution in [0.25, 0.3) is 11.0 Å². The highest BCUT2D eigenvalue weighted by molar-refractivity contribution is 5.74. The third kappa shape index (κ3) is 4.88. The van der Waals surface area contributed by atoms with E-state index in [1.807, 2.05) is 41.1 Å². The summed E-state index contributed by atoms with van der Waals surface area (Å²) in [6.45, 7) is 7.16. The number of fused-ring (bicyclic) bond motifs is 1. The second-order valence-corrected chi connectivity index (χ2v) is 8.25. The maximum absolute atomic E-state index is 6.14. The molecule has 2 aromatic carbocycles. The van der Waals surface area contributed by atoms with Crippen molar-refractivity contribution in [3.63, 3.8) is 0 Å². The van der Waals surface area contributed by atoms with Gasteiger partial charge in [-0.25, -0.2) is 14.1 Å². The van der Waals surface area contributed by atoms with Crippen molar-refractivity contribution in [1.82, 2.24) is 14.1 Å². The number of nitrogens with zero attached hydrogens (tertiary/aromatic N) is 4. The molecular weight excluding hydrogens is 404 g/mol. The topological polar surface area (TPSA) is 54.3 Å². The van der Waals surface area contributed by atoms with Crippen LogP contribution in [0.2, 0.25) is 0 Å². The molecule has 0 atom stereocenters. The Balaban J connectivity index is 1.58. The van der Waals surface area contributed by atoms with E-state index >= 15 is 0 Å². The average Bonchev–Trinajstić information content (AvgIpc) is 3.39. The van der Waals surface area contributed by atoms with Crippen LogP contribution in [0.4, 0.5) is 0 Å². The molecule has 0 aliphatic heterocycles. The van der Waals surface area contributed by atoms with E-state index in [0.717, 1.165) is 47.2 Å². The molecule has 2 heterocycles. The van der Waals surface area contributed by atoms with Gasteiger partial charge in [0.15, 0.2) is 17.6 Å². The van der Waals surface area contributed by atoms with Gasteiger partial charge < -0.3 is 18.8 Å². The Morgan fingerprint density at radius 3 is 2.59 bits per heavy atom. The summed E-state index contributed by atoms with van der Waals surface area (Å²) in [5, 5.41) is 0. The molecule has 0 unspecified atom stereocenters. The number of benzene rings is 2. The third-order valence-corrected chi connectivity index (χ3v) is 5.43. The number of rotatable bonds is 10. The monoisotopic (exact) mass is 435 g/mol. The fourth-order valence-corrected chi connectivity index (χ4v) is 3.82. The Labute approximate surface area is 188 Å². The first-order valence-corrected chi connectivity index (χ1v) is 10.9. The van der Waals surface area contributed by atoms with Gasteiger partial charge in [-0.05, 0) is 30.2 Å². The molecule has 168 valence electrons. The van der Waals surface area contributed by atoms with Crippen LogP contribution in [0.15, 0.2) is 61.2 Å². The number of ether oxygens (including phenoxy) is 3. The fraction of sp³-hybridized carbons (Fsp3) is 0.360. The summed E-state index contributed by atoms with van der Waals surface area (Å²) in [5.74, 6) is 4.03. The molecule has 0 saturated heterocycles. The average molecular weight is 436 g/mol. The molecule has 0 N–H and O–H groups in total. The maximum Gasteiger partial charge on any atom is 0.295 e. The van der Waals surface area contributed by atoms with Crippen LogP contribution in [0.1, 0.15) is 19.7 Å². The molecule has 0 saturated carbocycles. The molecule has 2 aromatic heterocycles. The number of hydrogen-bond donors (Lipinski definition) is 0. The van der Waals surface area contributed by atoms with Gasteiger partial charge in [-0.15, -0.1) is 0 Å². The van der Waals surface area contributed by atoms with Crippen molar-refractivity contribution in [2.45, 2.75) is 33.5 Å². The van der Waals surface area contributed by atoms with E-state index < -0.39 is 0 Å². The summed E-state index contributed by atoms with van der Waals surface area (Å²) in [7, 11) is 3.75. The summed E-state index contributed by atoms with van der Waals surface area (Å²) in [6.07, 6.45) is 5.52. The second-order valence-electron chi connectivity index (χ2n) is 8.25. The van der Waals surface area contributed by atoms with E-state index in [1.54, 1.807) is 19.6 Å². The number of hydrogen-bond acceptors (Lipinski definition) is 4. The molecule has 0 fully saturated rings. The number of methoxy groups -OCH3 is 1. The van der Waals surface area contributed by atoms with Gasteiger partial charge in [0.25, 0.3) is 5.82 Å². The van der Waals surface area contributed by atoms with Gasteiger partial charge in [-0.3, -0.25) is 0 Å². The molecule has 7 nitrogen and oxygen atoms in total. The molecule has 0 radical (unpaired) electrons. The third-order valence-electron chi connectivity index (χ3n) is 5.43. The molecular formula is C25H31N4O3+. The Morgan fingerprint density at radius 1 is 1.03 bits per heavy atom. The number of aryl methyl sites for hydroxylation is 1. The quantitative estimate of drug-likeness (QED) is 0.354. The lowest BCUT2D eigenvalue weighted by atomic mass is 10.2. The molecule has 0 amide bonds. The molecule has 7 heteroatoms. The summed E-state index contributed by atoms with van der Waals surface area (Å²) in [5.41, 5.74) is 2.29. The molecule has 4 aromatic rings. The van der Waals surface area contributed by atoms with Crippen molar-refractivity contribution in [2.75, 3.05) is 13.7 Å². The number of imidazole rings is 2. The van der Waals surface area contributed by atoms with Gasteiger partial charge in [0.1, 0.15) is 23.9 Å². The van der Waals surface area contributed by atoms with Crippen LogP contribution in [0, 0.1) is 5.92 Å². The standard InChI is InChI=1S/C25H31N4O3/c1-19(2)16-29-24-15-22(31-13-12-28-11-10-26-18-28)8-9-23(24)27(3)25(29)17-32-21-7-5-6-20(14-21)30-4/h5-11,14-15,18-19H,12-13,16-17H2,1-4H3/q+1. The maximum atomic E-state index is 6.14.